The summed E-state index contributed by atoms with van der Waals surface area (Å²) in [5.41, 5.74) is 6.49. The number of nitrogens with zero attached hydrogens (tertiary/aromatic N) is 3. The molecule has 17 heavy (non-hydrogen) atoms. The molecule has 0 atom stereocenters. The molecule has 1 heterocycles. The van der Waals surface area contributed by atoms with Crippen LogP contribution in [0.4, 0.5) is 0 Å². The Morgan fingerprint density at radius 1 is 1.47 bits per heavy atom. The molecule has 0 fully saturated rings. The van der Waals surface area contributed by atoms with Crippen LogP contribution in [0.25, 0.3) is 11.4 Å². The summed E-state index contributed by atoms with van der Waals surface area (Å²) < 4.78 is 7.74. The van der Waals surface area contributed by atoms with Gasteiger partial charge >= 0.3 is 0 Å². The average Bonchev–Trinajstić information content (AvgIpc) is 2.70. The normalized spacial score (nSPS) is 10.6. The van der Waals surface area contributed by atoms with Gasteiger partial charge in [-0.3, -0.25) is 4.68 Å². The van der Waals surface area contributed by atoms with Crippen LogP contribution in [-0.4, -0.2) is 21.9 Å². The fraction of sp³-hybridized carbons (Fsp3) is 0.273. The standard InChI is InChI=1S/C11H13BrN4O/c1-16-10(6-13)14-11(15-16)7-3-4-9(17-2)8(12)5-7/h3-5H,6,13H2,1-2H3. The molecule has 6 heteroatoms. The molecule has 0 aliphatic heterocycles. The first-order valence-corrected chi connectivity index (χ1v) is 5.89. The quantitative estimate of drug-likeness (QED) is 0.936. The third-order valence-electron chi connectivity index (χ3n) is 2.45. The van der Waals surface area contributed by atoms with Crippen molar-refractivity contribution in [3.8, 4) is 17.1 Å². The largest absolute Gasteiger partial charge is 0.496 e. The number of hydrogen-bond donors (Lipinski definition) is 1. The Morgan fingerprint density at radius 3 is 2.76 bits per heavy atom. The summed E-state index contributed by atoms with van der Waals surface area (Å²) in [6, 6.07) is 5.71. The topological polar surface area (TPSA) is 66.0 Å². The van der Waals surface area contributed by atoms with Crippen molar-refractivity contribution in [2.24, 2.45) is 12.8 Å². The smallest absolute Gasteiger partial charge is 0.181 e. The average molecular weight is 297 g/mol. The maximum absolute atomic E-state index is 5.57. The molecular formula is C11H13BrN4O. The maximum atomic E-state index is 5.57. The van der Waals surface area contributed by atoms with Crippen molar-refractivity contribution < 1.29 is 4.74 Å². The summed E-state index contributed by atoms with van der Waals surface area (Å²) in [4.78, 5) is 4.36. The van der Waals surface area contributed by atoms with Crippen LogP contribution in [0.15, 0.2) is 22.7 Å². The van der Waals surface area contributed by atoms with Crippen LogP contribution >= 0.6 is 15.9 Å². The minimum Gasteiger partial charge on any atom is -0.496 e. The lowest BCUT2D eigenvalue weighted by atomic mass is 10.2. The van der Waals surface area contributed by atoms with E-state index in [0.29, 0.717) is 12.4 Å². The Labute approximate surface area is 108 Å². The first-order chi connectivity index (χ1) is 8.15. The van der Waals surface area contributed by atoms with Gasteiger partial charge in [0, 0.05) is 12.6 Å². The van der Waals surface area contributed by atoms with Gasteiger partial charge in [-0.05, 0) is 34.1 Å². The van der Waals surface area contributed by atoms with Gasteiger partial charge < -0.3 is 10.5 Å². The highest BCUT2D eigenvalue weighted by Gasteiger charge is 2.09. The Kier molecular flexibility index (Phi) is 3.44. The molecule has 2 aromatic rings. The molecule has 1 aromatic heterocycles. The number of methoxy groups -OCH3 is 1. The zero-order valence-corrected chi connectivity index (χ0v) is 11.2. The number of nitrogens with two attached hydrogens (primary N) is 1. The minimum atomic E-state index is 0.376. The van der Waals surface area contributed by atoms with E-state index in [1.807, 2.05) is 25.2 Å². The van der Waals surface area contributed by atoms with Crippen LogP contribution in [0.2, 0.25) is 0 Å². The van der Waals surface area contributed by atoms with Crippen molar-refractivity contribution in [1.29, 1.82) is 0 Å². The van der Waals surface area contributed by atoms with E-state index in [1.54, 1.807) is 11.8 Å². The van der Waals surface area contributed by atoms with E-state index in [9.17, 15) is 0 Å². The van der Waals surface area contributed by atoms with Gasteiger partial charge in [0.05, 0.1) is 18.1 Å². The molecule has 0 bridgehead atoms. The van der Waals surface area contributed by atoms with E-state index in [0.717, 1.165) is 21.6 Å². The van der Waals surface area contributed by atoms with E-state index in [-0.39, 0.29) is 0 Å². The van der Waals surface area contributed by atoms with Crippen molar-refractivity contribution in [1.82, 2.24) is 14.8 Å². The van der Waals surface area contributed by atoms with E-state index in [4.69, 9.17) is 10.5 Å². The van der Waals surface area contributed by atoms with E-state index in [2.05, 4.69) is 26.0 Å². The van der Waals surface area contributed by atoms with E-state index in [1.165, 1.54) is 0 Å². The molecule has 0 radical (unpaired) electrons. The first kappa shape index (κ1) is 12.1. The summed E-state index contributed by atoms with van der Waals surface area (Å²) in [7, 11) is 3.46. The molecule has 0 saturated heterocycles. The highest BCUT2D eigenvalue weighted by atomic mass is 79.9. The van der Waals surface area contributed by atoms with Crippen molar-refractivity contribution in [3.05, 3.63) is 28.5 Å². The highest BCUT2D eigenvalue weighted by molar-refractivity contribution is 9.10. The molecule has 2 N–H and O–H groups in total. The molecular weight excluding hydrogens is 284 g/mol. The van der Waals surface area contributed by atoms with Gasteiger partial charge in [0.1, 0.15) is 11.6 Å². The molecule has 1 aromatic carbocycles. The van der Waals surface area contributed by atoms with Gasteiger partial charge in [-0.25, -0.2) is 4.98 Å². The zero-order chi connectivity index (χ0) is 12.4. The minimum absolute atomic E-state index is 0.376. The molecule has 2 rings (SSSR count). The second-order valence-corrected chi connectivity index (χ2v) is 4.38. The number of ether oxygens (including phenoxy) is 1. The number of aromatic nitrogens is 3. The highest BCUT2D eigenvalue weighted by Crippen LogP contribution is 2.29. The SMILES string of the molecule is COc1ccc(-c2nc(CN)n(C)n2)cc1Br. The summed E-state index contributed by atoms with van der Waals surface area (Å²) >= 11 is 3.43. The summed E-state index contributed by atoms with van der Waals surface area (Å²) in [6.07, 6.45) is 0. The predicted molar refractivity (Wildman–Crippen MR) is 68.6 cm³/mol. The third-order valence-corrected chi connectivity index (χ3v) is 3.07. The Bertz CT molecular complexity index is 538. The van der Waals surface area contributed by atoms with Crippen LogP contribution in [0.1, 0.15) is 5.82 Å². The monoisotopic (exact) mass is 296 g/mol. The van der Waals surface area contributed by atoms with Crippen molar-refractivity contribution >= 4 is 15.9 Å². The zero-order valence-electron chi connectivity index (χ0n) is 9.64. The van der Waals surface area contributed by atoms with Crippen LogP contribution in [0.5, 0.6) is 5.75 Å². The summed E-state index contributed by atoms with van der Waals surface area (Å²) in [5, 5.41) is 4.31. The van der Waals surface area contributed by atoms with Crippen molar-refractivity contribution in [3.63, 3.8) is 0 Å². The second-order valence-electron chi connectivity index (χ2n) is 3.53. The lowest BCUT2D eigenvalue weighted by molar-refractivity contribution is 0.412. The number of aryl methyl sites for hydroxylation is 1. The van der Waals surface area contributed by atoms with Crippen LogP contribution < -0.4 is 10.5 Å². The maximum Gasteiger partial charge on any atom is 0.181 e. The van der Waals surface area contributed by atoms with Gasteiger partial charge in [0.2, 0.25) is 0 Å². The molecule has 5 nitrogen and oxygen atoms in total. The number of rotatable bonds is 3. The lowest BCUT2D eigenvalue weighted by Gasteiger charge is -2.03. The fourth-order valence-electron chi connectivity index (χ4n) is 1.52. The van der Waals surface area contributed by atoms with Crippen LogP contribution in [-0.2, 0) is 13.6 Å². The lowest BCUT2D eigenvalue weighted by Crippen LogP contribution is -2.05. The molecule has 0 amide bonds. The molecule has 0 spiro atoms. The Balaban J connectivity index is 2.42. The summed E-state index contributed by atoms with van der Waals surface area (Å²) in [6.45, 7) is 0.376. The molecule has 0 aliphatic rings. The second kappa shape index (κ2) is 4.85. The fourth-order valence-corrected chi connectivity index (χ4v) is 2.06. The molecule has 0 aliphatic carbocycles. The van der Waals surface area contributed by atoms with Crippen LogP contribution in [0.3, 0.4) is 0 Å². The van der Waals surface area contributed by atoms with E-state index >= 15 is 0 Å². The Morgan fingerprint density at radius 2 is 2.24 bits per heavy atom. The summed E-state index contributed by atoms with van der Waals surface area (Å²) in [5.74, 6) is 2.20. The van der Waals surface area contributed by atoms with E-state index < -0.39 is 0 Å². The van der Waals surface area contributed by atoms with Crippen molar-refractivity contribution in [2.45, 2.75) is 6.54 Å². The van der Waals surface area contributed by atoms with Gasteiger partial charge in [0.15, 0.2) is 5.82 Å². The predicted octanol–water partition coefficient (Wildman–Crippen LogP) is 1.71. The van der Waals surface area contributed by atoms with Crippen LogP contribution in [0, 0.1) is 0 Å². The third kappa shape index (κ3) is 2.32. The molecule has 0 unspecified atom stereocenters. The van der Waals surface area contributed by atoms with Gasteiger partial charge in [-0.15, -0.1) is 0 Å². The number of hydrogen-bond acceptors (Lipinski definition) is 4. The van der Waals surface area contributed by atoms with Gasteiger partial charge in [-0.2, -0.15) is 5.10 Å². The number of halogens is 1. The molecule has 0 saturated carbocycles. The van der Waals surface area contributed by atoms with Gasteiger partial charge in [-0.1, -0.05) is 0 Å². The number of benzene rings is 1. The van der Waals surface area contributed by atoms with Gasteiger partial charge in [0.25, 0.3) is 0 Å². The Hall–Kier alpha value is -1.40. The first-order valence-electron chi connectivity index (χ1n) is 5.09. The molecule has 90 valence electrons. The van der Waals surface area contributed by atoms with Crippen molar-refractivity contribution in [2.75, 3.05) is 7.11 Å².